The SMILES string of the molecule is NC1CCCC1CCN1CCN(c2ccccc2)CC1. The molecule has 0 bridgehead atoms. The number of hydrogen-bond donors (Lipinski definition) is 1. The van der Waals surface area contributed by atoms with Crippen LogP contribution in [0.3, 0.4) is 0 Å². The second kappa shape index (κ2) is 6.59. The van der Waals surface area contributed by atoms with Crippen molar-refractivity contribution < 1.29 is 0 Å². The molecule has 1 heterocycles. The van der Waals surface area contributed by atoms with Gasteiger partial charge in [0.05, 0.1) is 0 Å². The molecule has 20 heavy (non-hydrogen) atoms. The van der Waals surface area contributed by atoms with E-state index in [1.165, 1.54) is 51.0 Å². The van der Waals surface area contributed by atoms with Crippen LogP contribution in [0.5, 0.6) is 0 Å². The topological polar surface area (TPSA) is 32.5 Å². The number of nitrogens with zero attached hydrogens (tertiary/aromatic N) is 2. The van der Waals surface area contributed by atoms with Crippen molar-refractivity contribution in [1.29, 1.82) is 0 Å². The highest BCUT2D eigenvalue weighted by Crippen LogP contribution is 2.27. The van der Waals surface area contributed by atoms with E-state index in [-0.39, 0.29) is 0 Å². The summed E-state index contributed by atoms with van der Waals surface area (Å²) in [6.45, 7) is 5.93. The molecule has 1 saturated heterocycles. The fourth-order valence-corrected chi connectivity index (χ4v) is 3.64. The summed E-state index contributed by atoms with van der Waals surface area (Å²) in [5, 5.41) is 0. The standard InChI is InChI=1S/C17H27N3/c18-17-8-4-5-15(17)9-10-19-11-13-20(14-12-19)16-6-2-1-3-7-16/h1-3,6-7,15,17H,4-5,8-14,18H2. The Morgan fingerprint density at radius 1 is 1.00 bits per heavy atom. The van der Waals surface area contributed by atoms with Gasteiger partial charge in [0.1, 0.15) is 0 Å². The Hall–Kier alpha value is -1.06. The summed E-state index contributed by atoms with van der Waals surface area (Å²) in [5.74, 6) is 0.780. The minimum atomic E-state index is 0.473. The first kappa shape index (κ1) is 13.9. The maximum atomic E-state index is 6.17. The lowest BCUT2D eigenvalue weighted by Crippen LogP contribution is -2.47. The van der Waals surface area contributed by atoms with Crippen LogP contribution < -0.4 is 10.6 Å². The van der Waals surface area contributed by atoms with Gasteiger partial charge in [-0.15, -0.1) is 0 Å². The van der Waals surface area contributed by atoms with Crippen molar-refractivity contribution in [2.24, 2.45) is 11.7 Å². The van der Waals surface area contributed by atoms with E-state index >= 15 is 0 Å². The number of nitrogens with two attached hydrogens (primary N) is 1. The van der Waals surface area contributed by atoms with E-state index in [0.29, 0.717) is 6.04 Å². The van der Waals surface area contributed by atoms with E-state index < -0.39 is 0 Å². The Kier molecular flexibility index (Phi) is 4.58. The average molecular weight is 273 g/mol. The van der Waals surface area contributed by atoms with Crippen LogP contribution in [0, 0.1) is 5.92 Å². The molecule has 1 aromatic carbocycles. The number of rotatable bonds is 4. The van der Waals surface area contributed by atoms with Crippen molar-refractivity contribution in [1.82, 2.24) is 4.90 Å². The van der Waals surface area contributed by atoms with Crippen molar-refractivity contribution in [2.75, 3.05) is 37.6 Å². The highest BCUT2D eigenvalue weighted by molar-refractivity contribution is 5.46. The van der Waals surface area contributed by atoms with Crippen LogP contribution in [0.15, 0.2) is 30.3 Å². The fraction of sp³-hybridized carbons (Fsp3) is 0.647. The van der Waals surface area contributed by atoms with Crippen LogP contribution in [0.1, 0.15) is 25.7 Å². The maximum absolute atomic E-state index is 6.17. The normalized spacial score (nSPS) is 27.9. The lowest BCUT2D eigenvalue weighted by molar-refractivity contribution is 0.234. The summed E-state index contributed by atoms with van der Waals surface area (Å²) in [7, 11) is 0. The molecule has 2 unspecified atom stereocenters. The highest BCUT2D eigenvalue weighted by atomic mass is 15.3. The zero-order chi connectivity index (χ0) is 13.8. The van der Waals surface area contributed by atoms with E-state index in [9.17, 15) is 0 Å². The van der Waals surface area contributed by atoms with E-state index in [1.807, 2.05) is 0 Å². The van der Waals surface area contributed by atoms with Gasteiger partial charge in [0.2, 0.25) is 0 Å². The molecule has 1 aliphatic heterocycles. The predicted octanol–water partition coefficient (Wildman–Crippen LogP) is 2.33. The molecule has 1 saturated carbocycles. The molecule has 110 valence electrons. The largest absolute Gasteiger partial charge is 0.369 e. The van der Waals surface area contributed by atoms with Crippen molar-refractivity contribution in [2.45, 2.75) is 31.7 Å². The first-order valence-corrected chi connectivity index (χ1v) is 8.11. The van der Waals surface area contributed by atoms with Gasteiger partial charge in [-0.05, 0) is 43.9 Å². The minimum Gasteiger partial charge on any atom is -0.369 e. The van der Waals surface area contributed by atoms with Crippen molar-refractivity contribution in [3.8, 4) is 0 Å². The Labute approximate surface area is 122 Å². The van der Waals surface area contributed by atoms with Gasteiger partial charge in [-0.2, -0.15) is 0 Å². The van der Waals surface area contributed by atoms with E-state index in [0.717, 1.165) is 19.0 Å². The summed E-state index contributed by atoms with van der Waals surface area (Å²) < 4.78 is 0. The number of piperazine rings is 1. The number of anilines is 1. The molecule has 0 aromatic heterocycles. The Balaban J connectivity index is 1.42. The molecule has 3 heteroatoms. The summed E-state index contributed by atoms with van der Waals surface area (Å²) in [5.41, 5.74) is 7.53. The molecule has 1 aliphatic carbocycles. The second-order valence-corrected chi connectivity index (χ2v) is 6.31. The van der Waals surface area contributed by atoms with Gasteiger partial charge in [0, 0.05) is 37.9 Å². The summed E-state index contributed by atoms with van der Waals surface area (Å²) >= 11 is 0. The lowest BCUT2D eigenvalue weighted by Gasteiger charge is -2.36. The molecule has 2 N–H and O–H groups in total. The zero-order valence-corrected chi connectivity index (χ0v) is 12.4. The molecule has 0 spiro atoms. The van der Waals surface area contributed by atoms with Crippen LogP contribution in [0.25, 0.3) is 0 Å². The molecule has 3 nitrogen and oxygen atoms in total. The molecular formula is C17H27N3. The molecule has 2 atom stereocenters. The van der Waals surface area contributed by atoms with Gasteiger partial charge in [-0.3, -0.25) is 4.90 Å². The van der Waals surface area contributed by atoms with Crippen molar-refractivity contribution >= 4 is 5.69 Å². The fourth-order valence-electron chi connectivity index (χ4n) is 3.64. The van der Waals surface area contributed by atoms with Crippen LogP contribution in [-0.2, 0) is 0 Å². The molecule has 2 aliphatic rings. The predicted molar refractivity (Wildman–Crippen MR) is 85.0 cm³/mol. The van der Waals surface area contributed by atoms with Crippen molar-refractivity contribution in [3.05, 3.63) is 30.3 Å². The first-order valence-electron chi connectivity index (χ1n) is 8.11. The monoisotopic (exact) mass is 273 g/mol. The number of para-hydroxylation sites is 1. The van der Waals surface area contributed by atoms with Gasteiger partial charge in [-0.1, -0.05) is 24.6 Å². The third kappa shape index (κ3) is 3.33. The van der Waals surface area contributed by atoms with Gasteiger partial charge >= 0.3 is 0 Å². The van der Waals surface area contributed by atoms with Crippen LogP contribution >= 0.6 is 0 Å². The lowest BCUT2D eigenvalue weighted by atomic mass is 10.00. The van der Waals surface area contributed by atoms with E-state index in [4.69, 9.17) is 5.73 Å². The summed E-state index contributed by atoms with van der Waals surface area (Å²) in [6, 6.07) is 11.2. The molecule has 0 amide bonds. The molecule has 0 radical (unpaired) electrons. The highest BCUT2D eigenvalue weighted by Gasteiger charge is 2.25. The van der Waals surface area contributed by atoms with Crippen molar-refractivity contribution in [3.63, 3.8) is 0 Å². The van der Waals surface area contributed by atoms with E-state index in [1.54, 1.807) is 0 Å². The number of benzene rings is 1. The van der Waals surface area contributed by atoms with Crippen LogP contribution in [0.2, 0.25) is 0 Å². The van der Waals surface area contributed by atoms with Gasteiger partial charge in [0.15, 0.2) is 0 Å². The average Bonchev–Trinajstić information content (AvgIpc) is 2.92. The summed E-state index contributed by atoms with van der Waals surface area (Å²) in [4.78, 5) is 5.11. The minimum absolute atomic E-state index is 0.473. The van der Waals surface area contributed by atoms with Gasteiger partial charge < -0.3 is 10.6 Å². The second-order valence-electron chi connectivity index (χ2n) is 6.31. The molecule has 1 aromatic rings. The van der Waals surface area contributed by atoms with Gasteiger partial charge in [0.25, 0.3) is 0 Å². The molecular weight excluding hydrogens is 246 g/mol. The molecule has 2 fully saturated rings. The quantitative estimate of drug-likeness (QED) is 0.914. The number of hydrogen-bond acceptors (Lipinski definition) is 3. The third-order valence-corrected chi connectivity index (χ3v) is 5.03. The first-order chi connectivity index (χ1) is 9.83. The third-order valence-electron chi connectivity index (χ3n) is 5.03. The Bertz CT molecular complexity index is 398. The zero-order valence-electron chi connectivity index (χ0n) is 12.4. The van der Waals surface area contributed by atoms with E-state index in [2.05, 4.69) is 40.1 Å². The Morgan fingerprint density at radius 2 is 1.75 bits per heavy atom. The maximum Gasteiger partial charge on any atom is 0.0367 e. The smallest absolute Gasteiger partial charge is 0.0367 e. The Morgan fingerprint density at radius 3 is 2.40 bits per heavy atom. The van der Waals surface area contributed by atoms with Crippen LogP contribution in [0.4, 0.5) is 5.69 Å². The van der Waals surface area contributed by atoms with Gasteiger partial charge in [-0.25, -0.2) is 0 Å². The summed E-state index contributed by atoms with van der Waals surface area (Å²) in [6.07, 6.45) is 5.23. The van der Waals surface area contributed by atoms with Crippen LogP contribution in [-0.4, -0.2) is 43.7 Å². The molecule has 3 rings (SSSR count).